The summed E-state index contributed by atoms with van der Waals surface area (Å²) in [5.41, 5.74) is 7.09. The molecule has 0 saturated heterocycles. The van der Waals surface area contributed by atoms with Crippen LogP contribution in [0.25, 0.3) is 5.57 Å². The van der Waals surface area contributed by atoms with Crippen molar-refractivity contribution in [3.63, 3.8) is 0 Å². The van der Waals surface area contributed by atoms with E-state index in [2.05, 4.69) is 61.0 Å². The summed E-state index contributed by atoms with van der Waals surface area (Å²) >= 11 is 0. The molecule has 0 radical (unpaired) electrons. The van der Waals surface area contributed by atoms with Gasteiger partial charge in [-0.15, -0.1) is 0 Å². The maximum atomic E-state index is 6.11. The van der Waals surface area contributed by atoms with Gasteiger partial charge in [0.1, 0.15) is 6.61 Å². The number of nitrogens with one attached hydrogen (secondary N) is 1. The van der Waals surface area contributed by atoms with Crippen LogP contribution in [0.3, 0.4) is 0 Å². The molecule has 140 valence electrons. The van der Waals surface area contributed by atoms with Gasteiger partial charge in [-0.2, -0.15) is 0 Å². The van der Waals surface area contributed by atoms with Gasteiger partial charge in [0, 0.05) is 19.8 Å². The predicted octanol–water partition coefficient (Wildman–Crippen LogP) is 4.56. The molecule has 1 aliphatic heterocycles. The van der Waals surface area contributed by atoms with E-state index in [9.17, 15) is 0 Å². The first-order chi connectivity index (χ1) is 12.7. The van der Waals surface area contributed by atoms with Crippen molar-refractivity contribution in [2.75, 3.05) is 27.3 Å². The van der Waals surface area contributed by atoms with Gasteiger partial charge >= 0.3 is 0 Å². The Kier molecular flexibility index (Phi) is 6.40. The molecule has 1 atom stereocenters. The average Bonchev–Trinajstić information content (AvgIpc) is 2.66. The van der Waals surface area contributed by atoms with E-state index in [-0.39, 0.29) is 0 Å². The van der Waals surface area contributed by atoms with E-state index in [0.29, 0.717) is 12.5 Å². The minimum Gasteiger partial charge on any atom is -0.493 e. The summed E-state index contributed by atoms with van der Waals surface area (Å²) in [6, 6.07) is 6.24. The molecule has 0 spiro atoms. The van der Waals surface area contributed by atoms with Crippen molar-refractivity contribution in [2.24, 2.45) is 5.92 Å². The smallest absolute Gasteiger partial charge is 0.162 e. The van der Waals surface area contributed by atoms with Gasteiger partial charge in [-0.1, -0.05) is 31.2 Å². The monoisotopic (exact) mass is 354 g/mol. The van der Waals surface area contributed by atoms with Gasteiger partial charge in [0.05, 0.1) is 7.11 Å². The number of benzene rings is 1. The third kappa shape index (κ3) is 4.70. The molecule has 0 aromatic heterocycles. The van der Waals surface area contributed by atoms with Crippen LogP contribution in [0.5, 0.6) is 11.5 Å². The van der Waals surface area contributed by atoms with Crippen LogP contribution in [0.1, 0.15) is 38.2 Å². The van der Waals surface area contributed by atoms with Gasteiger partial charge in [-0.25, -0.2) is 5.01 Å². The summed E-state index contributed by atoms with van der Waals surface area (Å²) in [7, 11) is 3.77. The largest absolute Gasteiger partial charge is 0.493 e. The van der Waals surface area contributed by atoms with Crippen molar-refractivity contribution in [1.29, 1.82) is 0 Å². The molecule has 26 heavy (non-hydrogen) atoms. The number of ether oxygens (including phenoxy) is 2. The topological polar surface area (TPSA) is 33.7 Å². The molecular formula is C22H30N2O2. The predicted molar refractivity (Wildman–Crippen MR) is 107 cm³/mol. The fourth-order valence-corrected chi connectivity index (χ4v) is 3.45. The van der Waals surface area contributed by atoms with Gasteiger partial charge < -0.3 is 14.9 Å². The number of allylic oxidation sites excluding steroid dienone is 3. The van der Waals surface area contributed by atoms with Crippen molar-refractivity contribution in [2.45, 2.75) is 32.6 Å². The number of nitrogens with zero attached hydrogens (tertiary/aromatic N) is 1. The molecule has 0 fully saturated rings. The van der Waals surface area contributed by atoms with Gasteiger partial charge in [-0.3, -0.25) is 0 Å². The molecule has 0 amide bonds. The zero-order valence-electron chi connectivity index (χ0n) is 16.1. The van der Waals surface area contributed by atoms with Crippen LogP contribution in [0.2, 0.25) is 0 Å². The number of hydrogen-bond donors (Lipinski definition) is 1. The summed E-state index contributed by atoms with van der Waals surface area (Å²) < 4.78 is 11.6. The first kappa shape index (κ1) is 18.6. The second-order valence-electron chi connectivity index (χ2n) is 7.11. The standard InChI is InChI=1S/C22H30N2O2/c1-17-8-7-13-24(2)23-15-20(17)19-11-12-21(25-3)22(14-19)26-16-18-9-5-4-6-10-18/h5,9-12,14-15,17,23H,4,6-8,13,16H2,1-3H3/b20-15+. The summed E-state index contributed by atoms with van der Waals surface area (Å²) in [5.74, 6) is 2.08. The van der Waals surface area contributed by atoms with Crippen LogP contribution >= 0.6 is 0 Å². The van der Waals surface area contributed by atoms with E-state index in [1.54, 1.807) is 7.11 Å². The lowest BCUT2D eigenvalue weighted by Crippen LogP contribution is -2.33. The summed E-state index contributed by atoms with van der Waals surface area (Å²) in [6.07, 6.45) is 13.3. The Morgan fingerprint density at radius 2 is 2.12 bits per heavy atom. The molecule has 1 aliphatic carbocycles. The molecular weight excluding hydrogens is 324 g/mol. The van der Waals surface area contributed by atoms with E-state index in [1.807, 2.05) is 6.07 Å². The highest BCUT2D eigenvalue weighted by Gasteiger charge is 2.17. The van der Waals surface area contributed by atoms with Crippen molar-refractivity contribution in [3.05, 3.63) is 53.8 Å². The normalized spacial score (nSPS) is 23.1. The molecule has 1 unspecified atom stereocenters. The molecule has 4 heteroatoms. The maximum Gasteiger partial charge on any atom is 0.162 e. The minimum absolute atomic E-state index is 0.501. The summed E-state index contributed by atoms with van der Waals surface area (Å²) in [5, 5.41) is 2.13. The second-order valence-corrected chi connectivity index (χ2v) is 7.11. The molecule has 0 saturated carbocycles. The Labute approximate surface area is 157 Å². The van der Waals surface area contributed by atoms with Crippen LogP contribution in [-0.4, -0.2) is 32.3 Å². The fraction of sp³-hybridized carbons (Fsp3) is 0.455. The van der Waals surface area contributed by atoms with Crippen LogP contribution in [0, 0.1) is 5.92 Å². The first-order valence-corrected chi connectivity index (χ1v) is 9.51. The van der Waals surface area contributed by atoms with Crippen molar-refractivity contribution in [3.8, 4) is 11.5 Å². The molecule has 1 aromatic carbocycles. The van der Waals surface area contributed by atoms with Crippen molar-refractivity contribution >= 4 is 5.57 Å². The minimum atomic E-state index is 0.501. The van der Waals surface area contributed by atoms with Crippen molar-refractivity contribution < 1.29 is 9.47 Å². The lowest BCUT2D eigenvalue weighted by atomic mass is 9.90. The maximum absolute atomic E-state index is 6.11. The van der Waals surface area contributed by atoms with Crippen LogP contribution in [0.15, 0.2) is 48.2 Å². The van der Waals surface area contributed by atoms with E-state index in [1.165, 1.54) is 29.6 Å². The summed E-state index contributed by atoms with van der Waals surface area (Å²) in [6.45, 7) is 3.93. The SMILES string of the molecule is COc1ccc(/C2=C/NN(C)CCCC2C)cc1OCC1=CCCC=C1. The fourth-order valence-electron chi connectivity index (χ4n) is 3.45. The highest BCUT2D eigenvalue weighted by Crippen LogP contribution is 2.35. The molecule has 2 aliphatic rings. The molecule has 0 bridgehead atoms. The summed E-state index contributed by atoms with van der Waals surface area (Å²) in [4.78, 5) is 0. The van der Waals surface area contributed by atoms with Gasteiger partial charge in [0.2, 0.25) is 0 Å². The molecule has 1 aromatic rings. The number of methoxy groups -OCH3 is 1. The van der Waals surface area contributed by atoms with Crippen LogP contribution in [0.4, 0.5) is 0 Å². The van der Waals surface area contributed by atoms with Gasteiger partial charge in [-0.05, 0) is 60.4 Å². The number of hydrazine groups is 1. The van der Waals surface area contributed by atoms with E-state index < -0.39 is 0 Å². The Morgan fingerprint density at radius 1 is 1.23 bits per heavy atom. The zero-order valence-corrected chi connectivity index (χ0v) is 16.1. The van der Waals surface area contributed by atoms with E-state index in [4.69, 9.17) is 9.47 Å². The van der Waals surface area contributed by atoms with Crippen LogP contribution in [-0.2, 0) is 0 Å². The molecule has 1 N–H and O–H groups in total. The molecule has 3 rings (SSSR count). The van der Waals surface area contributed by atoms with Gasteiger partial charge in [0.15, 0.2) is 11.5 Å². The lowest BCUT2D eigenvalue weighted by Gasteiger charge is -2.25. The van der Waals surface area contributed by atoms with E-state index >= 15 is 0 Å². The Balaban J connectivity index is 1.82. The van der Waals surface area contributed by atoms with Gasteiger partial charge in [0.25, 0.3) is 0 Å². The first-order valence-electron chi connectivity index (χ1n) is 9.51. The zero-order chi connectivity index (χ0) is 18.4. The Morgan fingerprint density at radius 3 is 2.88 bits per heavy atom. The second kappa shape index (κ2) is 8.95. The third-order valence-corrected chi connectivity index (χ3v) is 5.07. The number of rotatable bonds is 5. The number of hydrogen-bond acceptors (Lipinski definition) is 4. The lowest BCUT2D eigenvalue weighted by molar-refractivity contribution is 0.261. The van der Waals surface area contributed by atoms with E-state index in [0.717, 1.165) is 30.9 Å². The molecule has 4 nitrogen and oxygen atoms in total. The third-order valence-electron chi connectivity index (χ3n) is 5.07. The van der Waals surface area contributed by atoms with Crippen LogP contribution < -0.4 is 14.9 Å². The quantitative estimate of drug-likeness (QED) is 0.841. The highest BCUT2D eigenvalue weighted by molar-refractivity contribution is 5.69. The molecule has 1 heterocycles. The van der Waals surface area contributed by atoms with Crippen molar-refractivity contribution in [1.82, 2.24) is 10.4 Å². The Hall–Kier alpha value is -2.20. The average molecular weight is 354 g/mol. The Bertz CT molecular complexity index is 706. The highest BCUT2D eigenvalue weighted by atomic mass is 16.5.